The molecule has 40 heavy (non-hydrogen) atoms. The van der Waals surface area contributed by atoms with Crippen LogP contribution in [-0.2, 0) is 4.79 Å². The van der Waals surface area contributed by atoms with Crippen molar-refractivity contribution in [1.82, 2.24) is 9.88 Å². The van der Waals surface area contributed by atoms with Crippen molar-refractivity contribution in [3.63, 3.8) is 0 Å². The zero-order valence-electron chi connectivity index (χ0n) is 21.9. The number of ether oxygens (including phenoxy) is 1. The number of hydrogen-bond donors (Lipinski definition) is 2. The SMILES string of the molecule is CC(C)C[C@H](NCCCOc1cc(-c2ccc(F)cc2Cl)c2ccc(=O)n(-c3c(F)cccc3F)c2c1)C(=O)O. The number of benzene rings is 3. The van der Waals surface area contributed by atoms with Crippen molar-refractivity contribution < 1.29 is 27.8 Å². The Labute approximate surface area is 234 Å². The average Bonchev–Trinajstić information content (AvgIpc) is 2.88. The summed E-state index contributed by atoms with van der Waals surface area (Å²) in [4.78, 5) is 24.4. The number of nitrogens with one attached hydrogen (secondary N) is 1. The highest BCUT2D eigenvalue weighted by Crippen LogP contribution is 2.37. The van der Waals surface area contributed by atoms with Gasteiger partial charge in [-0.05, 0) is 73.3 Å². The summed E-state index contributed by atoms with van der Waals surface area (Å²) in [6, 6.07) is 12.3. The van der Waals surface area contributed by atoms with E-state index in [4.69, 9.17) is 16.3 Å². The molecule has 1 atom stereocenters. The summed E-state index contributed by atoms with van der Waals surface area (Å²) in [6.07, 6.45) is 0.933. The molecule has 4 aromatic rings. The molecule has 4 rings (SSSR count). The maximum Gasteiger partial charge on any atom is 0.320 e. The first-order chi connectivity index (χ1) is 19.1. The Bertz CT molecular complexity index is 1590. The van der Waals surface area contributed by atoms with Crippen LogP contribution in [0.5, 0.6) is 5.75 Å². The topological polar surface area (TPSA) is 80.6 Å². The van der Waals surface area contributed by atoms with E-state index in [1.54, 1.807) is 6.07 Å². The number of carbonyl (C=O) groups is 1. The molecular formula is C30H28ClF3N2O4. The molecule has 0 aliphatic carbocycles. The molecule has 0 spiro atoms. The van der Waals surface area contributed by atoms with Gasteiger partial charge in [-0.3, -0.25) is 14.2 Å². The fourth-order valence-electron chi connectivity index (χ4n) is 4.55. The number of hydrogen-bond acceptors (Lipinski definition) is 4. The average molecular weight is 573 g/mol. The first kappa shape index (κ1) is 29.2. The lowest BCUT2D eigenvalue weighted by Gasteiger charge is -2.18. The lowest BCUT2D eigenvalue weighted by Crippen LogP contribution is -2.38. The summed E-state index contributed by atoms with van der Waals surface area (Å²) < 4.78 is 50.3. The first-order valence-corrected chi connectivity index (χ1v) is 13.1. The summed E-state index contributed by atoms with van der Waals surface area (Å²) in [7, 11) is 0. The van der Waals surface area contributed by atoms with Gasteiger partial charge in [0.2, 0.25) is 0 Å². The van der Waals surface area contributed by atoms with Crippen LogP contribution in [-0.4, -0.2) is 34.8 Å². The largest absolute Gasteiger partial charge is 0.493 e. The van der Waals surface area contributed by atoms with Crippen molar-refractivity contribution in [3.05, 3.63) is 93.5 Å². The van der Waals surface area contributed by atoms with Crippen molar-refractivity contribution in [1.29, 1.82) is 0 Å². The number of halogens is 4. The quantitative estimate of drug-likeness (QED) is 0.198. The van der Waals surface area contributed by atoms with E-state index in [0.29, 0.717) is 35.9 Å². The number of pyridine rings is 1. The molecule has 0 bridgehead atoms. The van der Waals surface area contributed by atoms with Crippen molar-refractivity contribution in [2.75, 3.05) is 13.2 Å². The number of rotatable bonds is 11. The van der Waals surface area contributed by atoms with E-state index in [9.17, 15) is 27.9 Å². The molecule has 0 amide bonds. The van der Waals surface area contributed by atoms with Crippen LogP contribution in [0.4, 0.5) is 13.2 Å². The number of carboxylic acids is 1. The number of nitrogens with zero attached hydrogens (tertiary/aromatic N) is 1. The fraction of sp³-hybridized carbons (Fsp3) is 0.267. The molecular weight excluding hydrogens is 545 g/mol. The minimum absolute atomic E-state index is 0.0994. The third-order valence-corrected chi connectivity index (χ3v) is 6.67. The summed E-state index contributed by atoms with van der Waals surface area (Å²) in [5.41, 5.74) is -0.161. The van der Waals surface area contributed by atoms with Crippen LogP contribution >= 0.6 is 11.6 Å². The first-order valence-electron chi connectivity index (χ1n) is 12.8. The highest BCUT2D eigenvalue weighted by Gasteiger charge is 2.20. The molecule has 0 fully saturated rings. The number of aromatic nitrogens is 1. The van der Waals surface area contributed by atoms with E-state index < -0.39 is 40.7 Å². The molecule has 0 saturated heterocycles. The molecule has 0 aliphatic rings. The molecule has 0 unspecified atom stereocenters. The second-order valence-electron chi connectivity index (χ2n) is 9.78. The maximum atomic E-state index is 14.8. The summed E-state index contributed by atoms with van der Waals surface area (Å²) in [5.74, 6) is -2.85. The van der Waals surface area contributed by atoms with Gasteiger partial charge in [0.25, 0.3) is 5.56 Å². The zero-order valence-corrected chi connectivity index (χ0v) is 22.6. The van der Waals surface area contributed by atoms with Crippen molar-refractivity contribution in [2.24, 2.45) is 5.92 Å². The van der Waals surface area contributed by atoms with Gasteiger partial charge in [0.1, 0.15) is 34.9 Å². The van der Waals surface area contributed by atoms with Crippen LogP contribution in [0.2, 0.25) is 5.02 Å². The van der Waals surface area contributed by atoms with Gasteiger partial charge in [0, 0.05) is 23.1 Å². The highest BCUT2D eigenvalue weighted by molar-refractivity contribution is 6.33. The normalized spacial score (nSPS) is 12.2. The molecule has 210 valence electrons. The van der Waals surface area contributed by atoms with E-state index in [1.807, 2.05) is 13.8 Å². The molecule has 10 heteroatoms. The van der Waals surface area contributed by atoms with Crippen LogP contribution < -0.4 is 15.6 Å². The Hall–Kier alpha value is -3.82. The van der Waals surface area contributed by atoms with Gasteiger partial charge in [0.15, 0.2) is 0 Å². The molecule has 6 nitrogen and oxygen atoms in total. The fourth-order valence-corrected chi connectivity index (χ4v) is 4.82. The van der Waals surface area contributed by atoms with Crippen LogP contribution in [0.1, 0.15) is 26.7 Å². The highest BCUT2D eigenvalue weighted by atomic mass is 35.5. The molecule has 0 aliphatic heterocycles. The van der Waals surface area contributed by atoms with E-state index in [2.05, 4.69) is 5.32 Å². The lowest BCUT2D eigenvalue weighted by atomic mass is 9.99. The Morgan fingerprint density at radius 2 is 1.75 bits per heavy atom. The van der Waals surface area contributed by atoms with Crippen molar-refractivity contribution >= 4 is 28.5 Å². The van der Waals surface area contributed by atoms with Gasteiger partial charge in [-0.15, -0.1) is 0 Å². The number of aliphatic carboxylic acids is 1. The minimum atomic E-state index is -0.928. The lowest BCUT2D eigenvalue weighted by molar-refractivity contribution is -0.139. The molecule has 2 N–H and O–H groups in total. The van der Waals surface area contributed by atoms with Gasteiger partial charge in [-0.25, -0.2) is 13.2 Å². The molecule has 1 aromatic heterocycles. The summed E-state index contributed by atoms with van der Waals surface area (Å²) in [6.45, 7) is 4.43. The molecule has 1 heterocycles. The van der Waals surface area contributed by atoms with Crippen LogP contribution in [0.3, 0.4) is 0 Å². The maximum absolute atomic E-state index is 14.8. The monoisotopic (exact) mass is 572 g/mol. The van der Waals surface area contributed by atoms with Gasteiger partial charge in [0.05, 0.1) is 17.1 Å². The summed E-state index contributed by atoms with van der Waals surface area (Å²) >= 11 is 6.37. The van der Waals surface area contributed by atoms with Gasteiger partial charge in [-0.2, -0.15) is 0 Å². The molecule has 0 radical (unpaired) electrons. The van der Waals surface area contributed by atoms with E-state index in [0.717, 1.165) is 22.8 Å². The molecule has 0 saturated carbocycles. The molecule has 3 aromatic carbocycles. The third kappa shape index (κ3) is 6.48. The van der Waals surface area contributed by atoms with Crippen LogP contribution in [0, 0.1) is 23.4 Å². The predicted octanol–water partition coefficient (Wildman–Crippen LogP) is 6.59. The second-order valence-corrected chi connectivity index (χ2v) is 10.2. The Balaban J connectivity index is 1.74. The van der Waals surface area contributed by atoms with Gasteiger partial charge in [-0.1, -0.05) is 31.5 Å². The van der Waals surface area contributed by atoms with E-state index in [1.165, 1.54) is 36.4 Å². The number of fused-ring (bicyclic) bond motifs is 1. The smallest absolute Gasteiger partial charge is 0.320 e. The number of carboxylic acid groups (broad SMARTS) is 1. The third-order valence-electron chi connectivity index (χ3n) is 6.35. The second kappa shape index (κ2) is 12.6. The predicted molar refractivity (Wildman–Crippen MR) is 149 cm³/mol. The Kier molecular flexibility index (Phi) is 9.17. The standard InChI is InChI=1S/C30H28ClF3N2O4/c1-17(2)13-26(30(38)39)35-11-4-12-40-19-15-22(20-8-7-18(32)14-23(20)31)21-9-10-28(37)36(27(21)16-19)29-24(33)5-3-6-25(29)34/h3,5-10,14-17,26,35H,4,11-13H2,1-2H3,(H,38,39)/t26-/m0/s1. The number of para-hydroxylation sites is 1. The van der Waals surface area contributed by atoms with Crippen LogP contribution in [0.25, 0.3) is 27.7 Å². The Morgan fingerprint density at radius 1 is 1.02 bits per heavy atom. The van der Waals surface area contributed by atoms with Crippen molar-refractivity contribution in [3.8, 4) is 22.6 Å². The Morgan fingerprint density at radius 3 is 2.40 bits per heavy atom. The van der Waals surface area contributed by atoms with Gasteiger partial charge < -0.3 is 15.2 Å². The van der Waals surface area contributed by atoms with Crippen molar-refractivity contribution in [2.45, 2.75) is 32.7 Å². The van der Waals surface area contributed by atoms with Crippen LogP contribution in [0.15, 0.2) is 65.5 Å². The van der Waals surface area contributed by atoms with E-state index in [-0.39, 0.29) is 28.8 Å². The minimum Gasteiger partial charge on any atom is -0.493 e. The van der Waals surface area contributed by atoms with E-state index >= 15 is 0 Å². The zero-order chi connectivity index (χ0) is 29.0. The summed E-state index contributed by atoms with van der Waals surface area (Å²) in [5, 5.41) is 12.9. The van der Waals surface area contributed by atoms with Gasteiger partial charge >= 0.3 is 5.97 Å².